The van der Waals surface area contributed by atoms with Crippen LogP contribution >= 0.6 is 0 Å². The van der Waals surface area contributed by atoms with Crippen molar-refractivity contribution in [1.82, 2.24) is 0 Å². The van der Waals surface area contributed by atoms with Crippen molar-refractivity contribution in [2.24, 2.45) is 0 Å². The van der Waals surface area contributed by atoms with Gasteiger partial charge in [-0.05, 0) is 99.3 Å². The van der Waals surface area contributed by atoms with E-state index in [1.165, 1.54) is 44.2 Å². The van der Waals surface area contributed by atoms with Gasteiger partial charge in [0.1, 0.15) is 0 Å². The molecule has 0 fully saturated rings. The number of rotatable bonds is 7. The van der Waals surface area contributed by atoms with Crippen LogP contribution in [0.3, 0.4) is 0 Å². The van der Waals surface area contributed by atoms with E-state index in [1.54, 1.807) is 0 Å². The van der Waals surface area contributed by atoms with Crippen molar-refractivity contribution in [3.05, 3.63) is 205 Å². The maximum Gasteiger partial charge on any atom is 0.0564 e. The summed E-state index contributed by atoms with van der Waals surface area (Å²) < 4.78 is 0. The van der Waals surface area contributed by atoms with E-state index in [0.29, 0.717) is 0 Å². The van der Waals surface area contributed by atoms with E-state index < -0.39 is 0 Å². The van der Waals surface area contributed by atoms with Crippen LogP contribution < -0.4 is 9.80 Å². The topological polar surface area (TPSA) is 6.48 Å². The number of fused-ring (bicyclic) bond motifs is 5. The Balaban J connectivity index is 1.38. The van der Waals surface area contributed by atoms with Gasteiger partial charge in [-0.1, -0.05) is 147 Å². The van der Waals surface area contributed by atoms with E-state index in [0.717, 1.165) is 34.1 Å². The summed E-state index contributed by atoms with van der Waals surface area (Å²) in [4.78, 5) is 4.86. The summed E-state index contributed by atoms with van der Waals surface area (Å²) in [6, 6.07) is 70.3. The third-order valence-corrected chi connectivity index (χ3v) is 10.4. The van der Waals surface area contributed by atoms with Crippen LogP contribution in [0.4, 0.5) is 34.1 Å². The molecule has 1 aliphatic carbocycles. The number of para-hydroxylation sites is 3. The molecule has 51 heavy (non-hydrogen) atoms. The number of anilines is 6. The molecule has 2 heteroatoms. The molecule has 0 aromatic heterocycles. The first kappa shape index (κ1) is 30.7. The van der Waals surface area contributed by atoms with Crippen LogP contribution in [-0.2, 0) is 5.41 Å². The zero-order chi connectivity index (χ0) is 34.4. The molecule has 0 unspecified atom stereocenters. The second kappa shape index (κ2) is 12.5. The van der Waals surface area contributed by atoms with E-state index in [-0.39, 0.29) is 5.41 Å². The highest BCUT2D eigenvalue weighted by molar-refractivity contribution is 6.08. The van der Waals surface area contributed by atoms with E-state index in [2.05, 4.69) is 218 Å². The lowest BCUT2D eigenvalue weighted by Crippen LogP contribution is -2.18. The van der Waals surface area contributed by atoms with Gasteiger partial charge in [0.15, 0.2) is 0 Å². The van der Waals surface area contributed by atoms with Crippen molar-refractivity contribution in [3.63, 3.8) is 0 Å². The van der Waals surface area contributed by atoms with Gasteiger partial charge in [-0.15, -0.1) is 0 Å². The molecule has 1 aliphatic rings. The summed E-state index contributed by atoms with van der Waals surface area (Å²) in [5.74, 6) is 0. The van der Waals surface area contributed by atoms with Crippen molar-refractivity contribution in [3.8, 4) is 22.3 Å². The molecule has 2 nitrogen and oxygen atoms in total. The highest BCUT2D eigenvalue weighted by Gasteiger charge is 2.40. The van der Waals surface area contributed by atoms with Crippen LogP contribution in [0.25, 0.3) is 33.0 Å². The van der Waals surface area contributed by atoms with Gasteiger partial charge >= 0.3 is 0 Å². The zero-order valence-corrected chi connectivity index (χ0v) is 28.9. The minimum absolute atomic E-state index is 0.243. The maximum atomic E-state index is 2.45. The van der Waals surface area contributed by atoms with Crippen LogP contribution in [0, 0.1) is 0 Å². The predicted octanol–water partition coefficient (Wildman–Crippen LogP) is 13.8. The van der Waals surface area contributed by atoms with Gasteiger partial charge in [0.25, 0.3) is 0 Å². The fraction of sp³-hybridized carbons (Fsp3) is 0.0612. The molecule has 0 saturated carbocycles. The lowest BCUT2D eigenvalue weighted by Gasteiger charge is -2.33. The Labute approximate surface area is 300 Å². The van der Waals surface area contributed by atoms with E-state index in [1.807, 2.05) is 0 Å². The van der Waals surface area contributed by atoms with E-state index in [4.69, 9.17) is 0 Å². The summed E-state index contributed by atoms with van der Waals surface area (Å²) >= 11 is 0. The Kier molecular flexibility index (Phi) is 7.51. The number of nitrogens with zero attached hydrogens (tertiary/aromatic N) is 2. The highest BCUT2D eigenvalue weighted by Crippen LogP contribution is 2.58. The normalized spacial score (nSPS) is 12.7. The second-order valence-corrected chi connectivity index (χ2v) is 13.8. The van der Waals surface area contributed by atoms with Gasteiger partial charge in [0.05, 0.1) is 5.69 Å². The molecule has 0 amide bonds. The van der Waals surface area contributed by atoms with Crippen molar-refractivity contribution < 1.29 is 0 Å². The maximum absolute atomic E-state index is 2.45. The quantitative estimate of drug-likeness (QED) is 0.169. The SMILES string of the molecule is CC1(C)c2cc(N(c3ccccc3)c3cccc(-c4ccccc4)c3)cc(N(c3ccccc3)c3ccccc3)c2-c2c1ccc1ccccc21. The third-order valence-electron chi connectivity index (χ3n) is 10.4. The fourth-order valence-corrected chi connectivity index (χ4v) is 7.94. The smallest absolute Gasteiger partial charge is 0.0564 e. The third kappa shape index (κ3) is 5.28. The summed E-state index contributed by atoms with van der Waals surface area (Å²) in [6.45, 7) is 4.77. The first-order valence-electron chi connectivity index (χ1n) is 17.7. The highest BCUT2D eigenvalue weighted by atomic mass is 15.2. The number of benzene rings is 8. The second-order valence-electron chi connectivity index (χ2n) is 13.8. The van der Waals surface area contributed by atoms with Gasteiger partial charge < -0.3 is 9.80 Å². The van der Waals surface area contributed by atoms with Crippen molar-refractivity contribution in [2.45, 2.75) is 19.3 Å². The molecule has 0 bridgehead atoms. The van der Waals surface area contributed by atoms with Crippen LogP contribution in [0.15, 0.2) is 194 Å². The zero-order valence-electron chi connectivity index (χ0n) is 28.9. The number of hydrogen-bond donors (Lipinski definition) is 0. The largest absolute Gasteiger partial charge is 0.310 e. The molecule has 0 atom stereocenters. The van der Waals surface area contributed by atoms with E-state index >= 15 is 0 Å². The molecule has 0 radical (unpaired) electrons. The summed E-state index contributed by atoms with van der Waals surface area (Å²) in [5, 5.41) is 2.54. The molecule has 0 saturated heterocycles. The minimum atomic E-state index is -0.243. The average molecular weight is 655 g/mol. The first-order chi connectivity index (χ1) is 25.1. The Bertz CT molecular complexity index is 2450. The standard InChI is InChI=1S/C49H38N2/c1-49(2)44-31-30-36-20-15-16-29-43(36)47(44)48-45(49)33-42(34-46(48)51(39-24-11-5-12-25-39)40-26-13-6-14-27-40)50(38-22-9-4-10-23-38)41-28-17-21-37(32-41)35-18-7-3-8-19-35/h3-34H,1-2H3. The van der Waals surface area contributed by atoms with Crippen LogP contribution in [0.2, 0.25) is 0 Å². The molecule has 244 valence electrons. The molecule has 8 aromatic rings. The molecular formula is C49H38N2. The Hall–Kier alpha value is -6.38. The number of hydrogen-bond acceptors (Lipinski definition) is 2. The molecular weight excluding hydrogens is 617 g/mol. The molecule has 9 rings (SSSR count). The Morgan fingerprint density at radius 1 is 0.353 bits per heavy atom. The van der Waals surface area contributed by atoms with Crippen molar-refractivity contribution in [1.29, 1.82) is 0 Å². The summed E-state index contributed by atoms with van der Waals surface area (Å²) in [7, 11) is 0. The van der Waals surface area contributed by atoms with Crippen molar-refractivity contribution in [2.75, 3.05) is 9.80 Å². The molecule has 0 heterocycles. The Morgan fingerprint density at radius 3 is 1.53 bits per heavy atom. The van der Waals surface area contributed by atoms with Gasteiger partial charge in [-0.3, -0.25) is 0 Å². The molecule has 8 aromatic carbocycles. The van der Waals surface area contributed by atoms with Crippen molar-refractivity contribution >= 4 is 44.9 Å². The molecule has 0 spiro atoms. The van der Waals surface area contributed by atoms with Gasteiger partial charge in [-0.25, -0.2) is 0 Å². The predicted molar refractivity (Wildman–Crippen MR) is 216 cm³/mol. The van der Waals surface area contributed by atoms with Gasteiger partial charge in [-0.2, -0.15) is 0 Å². The van der Waals surface area contributed by atoms with Crippen LogP contribution in [0.1, 0.15) is 25.0 Å². The minimum Gasteiger partial charge on any atom is -0.310 e. The van der Waals surface area contributed by atoms with Gasteiger partial charge in [0.2, 0.25) is 0 Å². The first-order valence-corrected chi connectivity index (χ1v) is 17.7. The monoisotopic (exact) mass is 654 g/mol. The Morgan fingerprint density at radius 2 is 0.882 bits per heavy atom. The molecule has 0 aliphatic heterocycles. The fourth-order valence-electron chi connectivity index (χ4n) is 7.94. The van der Waals surface area contributed by atoms with Crippen LogP contribution in [0.5, 0.6) is 0 Å². The average Bonchev–Trinajstić information content (AvgIpc) is 3.43. The van der Waals surface area contributed by atoms with Gasteiger partial charge in [0, 0.05) is 39.4 Å². The lowest BCUT2D eigenvalue weighted by atomic mass is 9.81. The van der Waals surface area contributed by atoms with Crippen LogP contribution in [-0.4, -0.2) is 0 Å². The van der Waals surface area contributed by atoms with E-state index in [9.17, 15) is 0 Å². The summed E-state index contributed by atoms with van der Waals surface area (Å²) in [6.07, 6.45) is 0. The lowest BCUT2D eigenvalue weighted by molar-refractivity contribution is 0.661. The summed E-state index contributed by atoms with van der Waals surface area (Å²) in [5.41, 5.74) is 14.1. The molecule has 0 N–H and O–H groups in total.